The lowest BCUT2D eigenvalue weighted by Crippen LogP contribution is -2.17. The van der Waals surface area contributed by atoms with Crippen LogP contribution < -0.4 is 14.8 Å². The molecule has 0 unspecified atom stereocenters. The highest BCUT2D eigenvalue weighted by molar-refractivity contribution is 8.26. The Bertz CT molecular complexity index is 1180. The van der Waals surface area contributed by atoms with Crippen molar-refractivity contribution < 1.29 is 19.1 Å². The molecule has 0 aliphatic carbocycles. The molecular formula is C22H15NO4S2. The van der Waals surface area contributed by atoms with Gasteiger partial charge in [0.05, 0.1) is 17.6 Å². The number of thiocarbonyl (C=S) groups is 1. The molecule has 0 atom stereocenters. The minimum atomic E-state index is -0.470. The first-order valence-electron chi connectivity index (χ1n) is 8.68. The molecule has 1 fully saturated rings. The smallest absolute Gasteiger partial charge is 0.344 e. The number of amides is 1. The van der Waals surface area contributed by atoms with E-state index >= 15 is 0 Å². The zero-order valence-corrected chi connectivity index (χ0v) is 16.9. The first-order chi connectivity index (χ1) is 14.0. The molecule has 0 aromatic heterocycles. The maximum absolute atomic E-state index is 12.8. The number of fused-ring (bicyclic) bond motifs is 1. The standard InChI is InChI=1S/C22H15NO4S2/c1-26-18-11-13(12-19-20(24)23-22(28)29-19)9-10-17(18)27-21(25)16-8-4-6-14-5-2-3-7-15(14)16/h2-12H,1H3,(H,23,24,28)/b19-12-. The van der Waals surface area contributed by atoms with Crippen LogP contribution in [0.15, 0.2) is 65.6 Å². The van der Waals surface area contributed by atoms with Crippen molar-refractivity contribution in [1.29, 1.82) is 0 Å². The summed E-state index contributed by atoms with van der Waals surface area (Å²) >= 11 is 6.20. The highest BCUT2D eigenvalue weighted by Crippen LogP contribution is 2.32. The normalized spacial score (nSPS) is 14.9. The zero-order chi connectivity index (χ0) is 20.4. The van der Waals surface area contributed by atoms with Gasteiger partial charge in [0.1, 0.15) is 4.32 Å². The molecule has 3 aromatic rings. The van der Waals surface area contributed by atoms with Crippen LogP contribution >= 0.6 is 24.0 Å². The van der Waals surface area contributed by atoms with Crippen LogP contribution in [-0.4, -0.2) is 23.3 Å². The van der Waals surface area contributed by atoms with E-state index < -0.39 is 5.97 Å². The third-order valence-corrected chi connectivity index (χ3v) is 5.50. The zero-order valence-electron chi connectivity index (χ0n) is 15.3. The second-order valence-corrected chi connectivity index (χ2v) is 7.90. The number of nitrogens with one attached hydrogen (secondary N) is 1. The largest absolute Gasteiger partial charge is 0.493 e. The third kappa shape index (κ3) is 4.01. The Morgan fingerprint density at radius 1 is 1.07 bits per heavy atom. The lowest BCUT2D eigenvalue weighted by molar-refractivity contribution is -0.115. The fourth-order valence-electron chi connectivity index (χ4n) is 2.99. The molecule has 29 heavy (non-hydrogen) atoms. The molecule has 7 heteroatoms. The van der Waals surface area contributed by atoms with Crippen molar-refractivity contribution in [2.75, 3.05) is 7.11 Å². The molecule has 1 aliphatic heterocycles. The summed E-state index contributed by atoms with van der Waals surface area (Å²) < 4.78 is 11.4. The Labute approximate surface area is 176 Å². The minimum absolute atomic E-state index is 0.231. The monoisotopic (exact) mass is 421 g/mol. The predicted molar refractivity (Wildman–Crippen MR) is 118 cm³/mol. The van der Waals surface area contributed by atoms with E-state index in [0.29, 0.717) is 26.3 Å². The Hall–Kier alpha value is -3.16. The molecule has 3 aromatic carbocycles. The summed E-state index contributed by atoms with van der Waals surface area (Å²) in [6, 6.07) is 18.2. The number of hydrogen-bond acceptors (Lipinski definition) is 6. The van der Waals surface area contributed by atoms with Crippen molar-refractivity contribution in [2.24, 2.45) is 0 Å². The molecule has 144 valence electrons. The van der Waals surface area contributed by atoms with Gasteiger partial charge in [-0.15, -0.1) is 0 Å². The summed E-state index contributed by atoms with van der Waals surface area (Å²) in [5, 5.41) is 4.35. The second-order valence-electron chi connectivity index (χ2n) is 6.18. The van der Waals surface area contributed by atoms with E-state index in [2.05, 4.69) is 5.32 Å². The maximum Gasteiger partial charge on any atom is 0.344 e. The molecule has 5 nitrogen and oxygen atoms in total. The van der Waals surface area contributed by atoms with Crippen molar-refractivity contribution in [2.45, 2.75) is 0 Å². The lowest BCUT2D eigenvalue weighted by atomic mass is 10.0. The summed E-state index contributed by atoms with van der Waals surface area (Å²) in [7, 11) is 1.49. The fraction of sp³-hybridized carbons (Fsp3) is 0.0455. The quantitative estimate of drug-likeness (QED) is 0.288. The number of methoxy groups -OCH3 is 1. The molecular weight excluding hydrogens is 406 g/mol. The van der Waals surface area contributed by atoms with Crippen molar-refractivity contribution in [3.8, 4) is 11.5 Å². The molecule has 1 saturated heterocycles. The van der Waals surface area contributed by atoms with Gasteiger partial charge in [-0.3, -0.25) is 4.79 Å². The predicted octanol–water partition coefficient (Wildman–Crippen LogP) is 4.56. The van der Waals surface area contributed by atoms with Gasteiger partial charge in [0.15, 0.2) is 11.5 Å². The molecule has 4 rings (SSSR count). The van der Waals surface area contributed by atoms with Gasteiger partial charge in [-0.05, 0) is 40.6 Å². The van der Waals surface area contributed by atoms with Crippen LogP contribution in [0.5, 0.6) is 11.5 Å². The second kappa shape index (κ2) is 8.06. The maximum atomic E-state index is 12.8. The summed E-state index contributed by atoms with van der Waals surface area (Å²) in [5.74, 6) is -0.0155. The van der Waals surface area contributed by atoms with Gasteiger partial charge >= 0.3 is 5.97 Å². The van der Waals surface area contributed by atoms with E-state index in [1.165, 1.54) is 18.9 Å². The van der Waals surface area contributed by atoms with Crippen LogP contribution in [0.4, 0.5) is 0 Å². The van der Waals surface area contributed by atoms with Gasteiger partial charge in [0.2, 0.25) is 0 Å². The SMILES string of the molecule is COc1cc(/C=C2\SC(=S)NC2=O)ccc1OC(=O)c1cccc2ccccc12. The molecule has 0 bridgehead atoms. The van der Waals surface area contributed by atoms with Crippen LogP contribution in [0.1, 0.15) is 15.9 Å². The number of thioether (sulfide) groups is 1. The molecule has 1 amide bonds. The topological polar surface area (TPSA) is 64.6 Å². The molecule has 0 radical (unpaired) electrons. The Kier molecular flexibility index (Phi) is 5.33. The van der Waals surface area contributed by atoms with Crippen LogP contribution in [-0.2, 0) is 4.79 Å². The van der Waals surface area contributed by atoms with Crippen molar-refractivity contribution >= 4 is 57.0 Å². The summed E-state index contributed by atoms with van der Waals surface area (Å²) in [5.41, 5.74) is 1.21. The summed E-state index contributed by atoms with van der Waals surface area (Å²) in [6.45, 7) is 0. The number of esters is 1. The molecule has 0 saturated carbocycles. The third-order valence-electron chi connectivity index (χ3n) is 4.34. The van der Waals surface area contributed by atoms with E-state index in [1.807, 2.05) is 36.4 Å². The van der Waals surface area contributed by atoms with E-state index in [0.717, 1.165) is 16.3 Å². The minimum Gasteiger partial charge on any atom is -0.493 e. The van der Waals surface area contributed by atoms with Crippen LogP contribution in [0.3, 0.4) is 0 Å². The number of ether oxygens (including phenoxy) is 2. The number of hydrogen-bond donors (Lipinski definition) is 1. The number of carbonyl (C=O) groups excluding carboxylic acids is 2. The van der Waals surface area contributed by atoms with E-state index in [9.17, 15) is 9.59 Å². The van der Waals surface area contributed by atoms with Crippen LogP contribution in [0.2, 0.25) is 0 Å². The average Bonchev–Trinajstić information content (AvgIpc) is 3.05. The van der Waals surface area contributed by atoms with Crippen LogP contribution in [0.25, 0.3) is 16.8 Å². The first kappa shape index (κ1) is 19.2. The van der Waals surface area contributed by atoms with Crippen molar-refractivity contribution in [3.05, 3.63) is 76.7 Å². The number of rotatable bonds is 4. The van der Waals surface area contributed by atoms with E-state index in [1.54, 1.807) is 30.3 Å². The van der Waals surface area contributed by atoms with Gasteiger partial charge in [0.25, 0.3) is 5.91 Å². The van der Waals surface area contributed by atoms with E-state index in [-0.39, 0.29) is 5.91 Å². The number of carbonyl (C=O) groups is 2. The summed E-state index contributed by atoms with van der Waals surface area (Å²) in [6.07, 6.45) is 1.71. The molecule has 1 heterocycles. The number of benzene rings is 3. The average molecular weight is 421 g/mol. The van der Waals surface area contributed by atoms with Crippen LogP contribution in [0, 0.1) is 0 Å². The fourth-order valence-corrected chi connectivity index (χ4v) is 4.03. The van der Waals surface area contributed by atoms with E-state index in [4.69, 9.17) is 21.7 Å². The first-order valence-corrected chi connectivity index (χ1v) is 9.90. The van der Waals surface area contributed by atoms with Crippen molar-refractivity contribution in [1.82, 2.24) is 5.32 Å². The molecule has 1 aliphatic rings. The van der Waals surface area contributed by atoms with Gasteiger partial charge in [-0.1, -0.05) is 66.4 Å². The van der Waals surface area contributed by atoms with Gasteiger partial charge < -0.3 is 14.8 Å². The Morgan fingerprint density at radius 3 is 2.62 bits per heavy atom. The van der Waals surface area contributed by atoms with Gasteiger partial charge in [-0.25, -0.2) is 4.79 Å². The Balaban J connectivity index is 1.62. The summed E-state index contributed by atoms with van der Waals surface area (Å²) in [4.78, 5) is 25.1. The van der Waals surface area contributed by atoms with Gasteiger partial charge in [0, 0.05) is 0 Å². The van der Waals surface area contributed by atoms with Crippen molar-refractivity contribution in [3.63, 3.8) is 0 Å². The molecule has 1 N–H and O–H groups in total. The highest BCUT2D eigenvalue weighted by atomic mass is 32.2. The van der Waals surface area contributed by atoms with Gasteiger partial charge in [-0.2, -0.15) is 0 Å². The lowest BCUT2D eigenvalue weighted by Gasteiger charge is -2.11. The Morgan fingerprint density at radius 2 is 1.86 bits per heavy atom. The molecule has 0 spiro atoms. The highest BCUT2D eigenvalue weighted by Gasteiger charge is 2.22.